The third kappa shape index (κ3) is 4.36. The molecule has 0 saturated heterocycles. The SMILES string of the molecule is CCOc1cc2ncnc(NCc3cc(OC)cc(OC)c3)c2cc1OCC. The molecule has 3 rings (SSSR count). The number of ether oxygens (including phenoxy) is 4. The summed E-state index contributed by atoms with van der Waals surface area (Å²) in [5.74, 6) is 3.56. The predicted octanol–water partition coefficient (Wildman–Crippen LogP) is 4.06. The van der Waals surface area contributed by atoms with E-state index in [2.05, 4.69) is 15.3 Å². The number of hydrogen-bond donors (Lipinski definition) is 1. The minimum atomic E-state index is 0.547. The zero-order valence-corrected chi connectivity index (χ0v) is 16.6. The number of benzene rings is 2. The van der Waals surface area contributed by atoms with E-state index >= 15 is 0 Å². The van der Waals surface area contributed by atoms with E-state index in [0.29, 0.717) is 31.3 Å². The monoisotopic (exact) mass is 383 g/mol. The van der Waals surface area contributed by atoms with Gasteiger partial charge in [0.2, 0.25) is 0 Å². The second kappa shape index (κ2) is 9.12. The molecule has 0 atom stereocenters. The van der Waals surface area contributed by atoms with Gasteiger partial charge >= 0.3 is 0 Å². The van der Waals surface area contributed by atoms with Crippen molar-refractivity contribution in [1.82, 2.24) is 9.97 Å². The zero-order valence-electron chi connectivity index (χ0n) is 16.6. The Bertz CT molecular complexity index is 924. The van der Waals surface area contributed by atoms with Crippen LogP contribution in [0.4, 0.5) is 5.82 Å². The normalized spacial score (nSPS) is 10.6. The topological polar surface area (TPSA) is 74.7 Å². The first-order valence-electron chi connectivity index (χ1n) is 9.18. The number of anilines is 1. The second-order valence-electron chi connectivity index (χ2n) is 5.98. The van der Waals surface area contributed by atoms with Crippen molar-refractivity contribution in [2.75, 3.05) is 32.8 Å². The fourth-order valence-corrected chi connectivity index (χ4v) is 2.90. The maximum atomic E-state index is 5.73. The van der Waals surface area contributed by atoms with Crippen LogP contribution in [-0.4, -0.2) is 37.4 Å². The summed E-state index contributed by atoms with van der Waals surface area (Å²) in [5, 5.41) is 4.23. The first kappa shape index (κ1) is 19.5. The van der Waals surface area contributed by atoms with Gasteiger partial charge in [-0.25, -0.2) is 9.97 Å². The maximum absolute atomic E-state index is 5.73. The summed E-state index contributed by atoms with van der Waals surface area (Å²) in [7, 11) is 3.27. The molecule has 1 heterocycles. The molecule has 0 aliphatic heterocycles. The van der Waals surface area contributed by atoms with E-state index in [1.807, 2.05) is 44.2 Å². The van der Waals surface area contributed by atoms with Gasteiger partial charge in [-0.05, 0) is 37.6 Å². The molecule has 0 saturated carbocycles. The van der Waals surface area contributed by atoms with E-state index < -0.39 is 0 Å². The molecule has 7 nitrogen and oxygen atoms in total. The number of methoxy groups -OCH3 is 2. The molecule has 0 bridgehead atoms. The van der Waals surface area contributed by atoms with Crippen LogP contribution in [0.25, 0.3) is 10.9 Å². The molecule has 148 valence electrons. The largest absolute Gasteiger partial charge is 0.497 e. The van der Waals surface area contributed by atoms with Crippen LogP contribution in [0.3, 0.4) is 0 Å². The first-order valence-corrected chi connectivity index (χ1v) is 9.18. The van der Waals surface area contributed by atoms with Gasteiger partial charge in [-0.1, -0.05) is 0 Å². The van der Waals surface area contributed by atoms with E-state index in [1.54, 1.807) is 14.2 Å². The van der Waals surface area contributed by atoms with Gasteiger partial charge in [0.15, 0.2) is 11.5 Å². The Labute approximate surface area is 164 Å². The summed E-state index contributed by atoms with van der Waals surface area (Å²) in [6, 6.07) is 9.55. The van der Waals surface area contributed by atoms with E-state index in [9.17, 15) is 0 Å². The van der Waals surface area contributed by atoms with Crippen molar-refractivity contribution in [3.63, 3.8) is 0 Å². The van der Waals surface area contributed by atoms with Crippen LogP contribution in [0.5, 0.6) is 23.0 Å². The number of rotatable bonds is 9. The van der Waals surface area contributed by atoms with Crippen molar-refractivity contribution in [1.29, 1.82) is 0 Å². The summed E-state index contributed by atoms with van der Waals surface area (Å²) >= 11 is 0. The molecule has 0 aliphatic carbocycles. The molecule has 0 amide bonds. The molecule has 7 heteroatoms. The quantitative estimate of drug-likeness (QED) is 0.597. The highest BCUT2D eigenvalue weighted by Gasteiger charge is 2.12. The van der Waals surface area contributed by atoms with Gasteiger partial charge in [-0.3, -0.25) is 0 Å². The number of nitrogens with zero attached hydrogens (tertiary/aromatic N) is 2. The second-order valence-corrected chi connectivity index (χ2v) is 5.98. The fourth-order valence-electron chi connectivity index (χ4n) is 2.90. The Morgan fingerprint density at radius 1 is 0.821 bits per heavy atom. The molecule has 0 radical (unpaired) electrons. The lowest BCUT2D eigenvalue weighted by Gasteiger charge is -2.14. The van der Waals surface area contributed by atoms with E-state index in [4.69, 9.17) is 18.9 Å². The van der Waals surface area contributed by atoms with Crippen LogP contribution in [0.2, 0.25) is 0 Å². The standard InChI is InChI=1S/C21H25N3O4/c1-5-27-19-10-17-18(11-20(19)28-6-2)23-13-24-21(17)22-12-14-7-15(25-3)9-16(8-14)26-4/h7-11,13H,5-6,12H2,1-4H3,(H,22,23,24). The predicted molar refractivity (Wildman–Crippen MR) is 109 cm³/mol. The van der Waals surface area contributed by atoms with Gasteiger partial charge in [0, 0.05) is 24.1 Å². The van der Waals surface area contributed by atoms with E-state index in [0.717, 1.165) is 33.8 Å². The Hall–Kier alpha value is -3.22. The summed E-state index contributed by atoms with van der Waals surface area (Å²) < 4.78 is 22.1. The molecule has 3 aromatic rings. The molecule has 2 aromatic carbocycles. The van der Waals surface area contributed by atoms with Crippen LogP contribution in [-0.2, 0) is 6.54 Å². The molecule has 0 unspecified atom stereocenters. The molecular weight excluding hydrogens is 358 g/mol. The minimum Gasteiger partial charge on any atom is -0.497 e. The first-order chi connectivity index (χ1) is 13.7. The lowest BCUT2D eigenvalue weighted by Crippen LogP contribution is -2.04. The number of fused-ring (bicyclic) bond motifs is 1. The third-order valence-electron chi connectivity index (χ3n) is 4.17. The number of nitrogens with one attached hydrogen (secondary N) is 1. The molecule has 0 fully saturated rings. The molecule has 28 heavy (non-hydrogen) atoms. The Morgan fingerprint density at radius 3 is 2.07 bits per heavy atom. The van der Waals surface area contributed by atoms with Gasteiger partial charge in [0.05, 0.1) is 33.0 Å². The molecular formula is C21H25N3O4. The van der Waals surface area contributed by atoms with E-state index in [-0.39, 0.29) is 0 Å². The van der Waals surface area contributed by atoms with Crippen LogP contribution in [0.1, 0.15) is 19.4 Å². The lowest BCUT2D eigenvalue weighted by molar-refractivity contribution is 0.288. The highest BCUT2D eigenvalue weighted by molar-refractivity contribution is 5.91. The average Bonchev–Trinajstić information content (AvgIpc) is 2.72. The number of hydrogen-bond acceptors (Lipinski definition) is 7. The minimum absolute atomic E-state index is 0.547. The van der Waals surface area contributed by atoms with Crippen LogP contribution in [0.15, 0.2) is 36.7 Å². The van der Waals surface area contributed by atoms with Gasteiger partial charge in [-0.2, -0.15) is 0 Å². The van der Waals surface area contributed by atoms with Crippen LogP contribution in [0, 0.1) is 0 Å². The average molecular weight is 383 g/mol. The Morgan fingerprint density at radius 2 is 1.46 bits per heavy atom. The van der Waals surface area contributed by atoms with Crippen molar-refractivity contribution in [3.05, 3.63) is 42.2 Å². The molecule has 1 aromatic heterocycles. The summed E-state index contributed by atoms with van der Waals surface area (Å²) in [4.78, 5) is 8.77. The van der Waals surface area contributed by atoms with Crippen molar-refractivity contribution >= 4 is 16.7 Å². The van der Waals surface area contributed by atoms with Crippen molar-refractivity contribution in [2.24, 2.45) is 0 Å². The van der Waals surface area contributed by atoms with Gasteiger partial charge in [0.1, 0.15) is 23.6 Å². The fraction of sp³-hybridized carbons (Fsp3) is 0.333. The molecule has 0 spiro atoms. The number of aromatic nitrogens is 2. The maximum Gasteiger partial charge on any atom is 0.163 e. The van der Waals surface area contributed by atoms with Crippen LogP contribution >= 0.6 is 0 Å². The van der Waals surface area contributed by atoms with Gasteiger partial charge < -0.3 is 24.3 Å². The summed E-state index contributed by atoms with van der Waals surface area (Å²) in [6.07, 6.45) is 1.53. The van der Waals surface area contributed by atoms with Crippen LogP contribution < -0.4 is 24.3 Å². The Balaban J connectivity index is 1.92. The summed E-state index contributed by atoms with van der Waals surface area (Å²) in [5.41, 5.74) is 1.80. The zero-order chi connectivity index (χ0) is 19.9. The van der Waals surface area contributed by atoms with Crippen molar-refractivity contribution in [2.45, 2.75) is 20.4 Å². The highest BCUT2D eigenvalue weighted by atomic mass is 16.5. The smallest absolute Gasteiger partial charge is 0.163 e. The molecule has 0 aliphatic rings. The third-order valence-corrected chi connectivity index (χ3v) is 4.17. The highest BCUT2D eigenvalue weighted by Crippen LogP contribution is 2.34. The van der Waals surface area contributed by atoms with Crippen molar-refractivity contribution < 1.29 is 18.9 Å². The van der Waals surface area contributed by atoms with E-state index in [1.165, 1.54) is 6.33 Å². The summed E-state index contributed by atoms with van der Waals surface area (Å²) in [6.45, 7) is 5.54. The molecule has 1 N–H and O–H groups in total. The Kier molecular flexibility index (Phi) is 6.37. The lowest BCUT2D eigenvalue weighted by atomic mass is 10.1. The van der Waals surface area contributed by atoms with Gasteiger partial charge in [0.25, 0.3) is 0 Å². The van der Waals surface area contributed by atoms with Gasteiger partial charge in [-0.15, -0.1) is 0 Å². The van der Waals surface area contributed by atoms with Crippen molar-refractivity contribution in [3.8, 4) is 23.0 Å².